The van der Waals surface area contributed by atoms with E-state index in [1.165, 1.54) is 11.0 Å². The molecule has 3 aliphatic rings. The molecule has 1 atom stereocenters. The number of carbonyl (C=O) groups is 2. The van der Waals surface area contributed by atoms with Crippen molar-refractivity contribution >= 4 is 22.0 Å². The average Bonchev–Trinajstić information content (AvgIpc) is 3.50. The molecule has 0 radical (unpaired) electrons. The Balaban J connectivity index is 1.29. The summed E-state index contributed by atoms with van der Waals surface area (Å²) >= 11 is 0. The summed E-state index contributed by atoms with van der Waals surface area (Å²) in [4.78, 5) is 24.1. The van der Waals surface area contributed by atoms with Crippen LogP contribution in [0, 0.1) is 11.7 Å². The van der Waals surface area contributed by atoms with Crippen LogP contribution in [-0.2, 0) is 21.2 Å². The Morgan fingerprint density at radius 1 is 1.16 bits per heavy atom. The molecule has 1 aromatic carbocycles. The topological polar surface area (TPSA) is 105 Å². The molecule has 4 rings (SSSR count). The molecule has 1 saturated heterocycles. The van der Waals surface area contributed by atoms with Crippen LogP contribution in [-0.4, -0.2) is 50.7 Å². The number of halogens is 1. The number of urea groups is 1. The minimum absolute atomic E-state index is 0.0177. The fourth-order valence-corrected chi connectivity index (χ4v) is 5.69. The maximum Gasteiger partial charge on any atom is 0.324 e. The van der Waals surface area contributed by atoms with Crippen molar-refractivity contribution in [2.45, 2.75) is 57.4 Å². The van der Waals surface area contributed by atoms with Crippen LogP contribution in [0.15, 0.2) is 12.1 Å². The Morgan fingerprint density at radius 3 is 2.69 bits per heavy atom. The van der Waals surface area contributed by atoms with E-state index in [0.717, 1.165) is 30.4 Å². The highest BCUT2D eigenvalue weighted by Crippen LogP contribution is 2.38. The summed E-state index contributed by atoms with van der Waals surface area (Å²) in [6.45, 7) is 1.000. The van der Waals surface area contributed by atoms with E-state index in [0.29, 0.717) is 51.2 Å². The van der Waals surface area contributed by atoms with E-state index in [-0.39, 0.29) is 35.8 Å². The van der Waals surface area contributed by atoms with Gasteiger partial charge in [-0.15, -0.1) is 0 Å². The molecule has 10 heteroatoms. The van der Waals surface area contributed by atoms with E-state index in [1.54, 1.807) is 6.07 Å². The first kappa shape index (κ1) is 23.0. The number of imide groups is 1. The summed E-state index contributed by atoms with van der Waals surface area (Å²) in [5, 5.41) is 2.22. The summed E-state index contributed by atoms with van der Waals surface area (Å²) in [7, 11) is -3.51. The SMILES string of the molecule is O=C1CN(CCCCCS(=O)(=O)N[C@@H]2CCCc3c2ccc(F)c3OCC2CC2)C(=O)N1. The highest BCUT2D eigenvalue weighted by Gasteiger charge is 2.30. The smallest absolute Gasteiger partial charge is 0.324 e. The van der Waals surface area contributed by atoms with Gasteiger partial charge in [-0.05, 0) is 62.5 Å². The number of nitrogens with zero attached hydrogens (tertiary/aromatic N) is 1. The second-order valence-electron chi connectivity index (χ2n) is 8.92. The van der Waals surface area contributed by atoms with Gasteiger partial charge in [-0.25, -0.2) is 22.3 Å². The zero-order valence-electron chi connectivity index (χ0n) is 18.1. The molecular weight excluding hydrogens is 437 g/mol. The van der Waals surface area contributed by atoms with E-state index >= 15 is 0 Å². The number of carbonyl (C=O) groups excluding carboxylic acids is 2. The lowest BCUT2D eigenvalue weighted by Gasteiger charge is -2.28. The number of benzene rings is 1. The van der Waals surface area contributed by atoms with Gasteiger partial charge < -0.3 is 9.64 Å². The molecule has 32 heavy (non-hydrogen) atoms. The van der Waals surface area contributed by atoms with Gasteiger partial charge in [-0.1, -0.05) is 12.5 Å². The second kappa shape index (κ2) is 9.74. The van der Waals surface area contributed by atoms with Crippen molar-refractivity contribution in [3.8, 4) is 5.75 Å². The monoisotopic (exact) mass is 467 g/mol. The van der Waals surface area contributed by atoms with Gasteiger partial charge in [-0.3, -0.25) is 10.1 Å². The van der Waals surface area contributed by atoms with Crippen LogP contribution in [0.1, 0.15) is 62.1 Å². The number of amides is 3. The molecular formula is C22H30FN3O5S. The number of ether oxygens (including phenoxy) is 1. The van der Waals surface area contributed by atoms with Crippen LogP contribution in [0.4, 0.5) is 9.18 Å². The molecule has 0 bridgehead atoms. The summed E-state index contributed by atoms with van der Waals surface area (Å²) < 4.78 is 48.3. The first-order chi connectivity index (χ1) is 15.3. The number of nitrogens with one attached hydrogen (secondary N) is 2. The third kappa shape index (κ3) is 5.78. The highest BCUT2D eigenvalue weighted by atomic mass is 32.2. The van der Waals surface area contributed by atoms with Crippen LogP contribution < -0.4 is 14.8 Å². The summed E-state index contributed by atoms with van der Waals surface area (Å²) in [6, 6.07) is 2.26. The van der Waals surface area contributed by atoms with Crippen molar-refractivity contribution in [1.29, 1.82) is 0 Å². The quantitative estimate of drug-likeness (QED) is 0.385. The predicted octanol–water partition coefficient (Wildman–Crippen LogP) is 2.63. The molecule has 1 aliphatic heterocycles. The van der Waals surface area contributed by atoms with Crippen LogP contribution in [0.25, 0.3) is 0 Å². The van der Waals surface area contributed by atoms with Gasteiger partial charge in [0, 0.05) is 18.2 Å². The third-order valence-corrected chi connectivity index (χ3v) is 7.70. The lowest BCUT2D eigenvalue weighted by Crippen LogP contribution is -2.33. The van der Waals surface area contributed by atoms with E-state index in [2.05, 4.69) is 10.0 Å². The second-order valence-corrected chi connectivity index (χ2v) is 10.8. The summed E-state index contributed by atoms with van der Waals surface area (Å²) in [6.07, 6.45) is 6.05. The minimum atomic E-state index is -3.51. The molecule has 176 valence electrons. The zero-order valence-corrected chi connectivity index (χ0v) is 18.9. The molecule has 1 aromatic rings. The molecule has 1 heterocycles. The van der Waals surface area contributed by atoms with Gasteiger partial charge in [0.2, 0.25) is 15.9 Å². The van der Waals surface area contributed by atoms with E-state index in [4.69, 9.17) is 4.74 Å². The Kier molecular flexibility index (Phi) is 6.99. The van der Waals surface area contributed by atoms with Gasteiger partial charge >= 0.3 is 6.03 Å². The zero-order chi connectivity index (χ0) is 22.7. The Hall–Kier alpha value is -2.20. The third-order valence-electron chi connectivity index (χ3n) is 6.23. The van der Waals surface area contributed by atoms with E-state index in [9.17, 15) is 22.4 Å². The lowest BCUT2D eigenvalue weighted by atomic mass is 9.87. The molecule has 8 nitrogen and oxygen atoms in total. The first-order valence-electron chi connectivity index (χ1n) is 11.4. The van der Waals surface area contributed by atoms with Crippen molar-refractivity contribution in [3.63, 3.8) is 0 Å². The normalized spacial score (nSPS) is 20.9. The fraction of sp³-hybridized carbons (Fsp3) is 0.636. The number of unbranched alkanes of at least 4 members (excludes halogenated alkanes) is 2. The number of hydrogen-bond acceptors (Lipinski definition) is 5. The Labute approximate surface area is 187 Å². The van der Waals surface area contributed by atoms with E-state index < -0.39 is 16.1 Å². The predicted molar refractivity (Wildman–Crippen MR) is 116 cm³/mol. The summed E-state index contributed by atoms with van der Waals surface area (Å²) in [5.74, 6) is 0.0685. The molecule has 1 saturated carbocycles. The van der Waals surface area contributed by atoms with Crippen molar-refractivity contribution < 1.29 is 27.1 Å². The molecule has 0 aromatic heterocycles. The van der Waals surface area contributed by atoms with Crippen molar-refractivity contribution in [2.75, 3.05) is 25.4 Å². The van der Waals surface area contributed by atoms with Gasteiger partial charge in [0.05, 0.1) is 12.4 Å². The van der Waals surface area contributed by atoms with Gasteiger partial charge in [-0.2, -0.15) is 0 Å². The largest absolute Gasteiger partial charge is 0.490 e. The fourth-order valence-electron chi connectivity index (χ4n) is 4.31. The summed E-state index contributed by atoms with van der Waals surface area (Å²) in [5.41, 5.74) is 1.58. The minimum Gasteiger partial charge on any atom is -0.490 e. The first-order valence-corrected chi connectivity index (χ1v) is 13.0. The highest BCUT2D eigenvalue weighted by molar-refractivity contribution is 7.89. The van der Waals surface area contributed by atoms with Crippen LogP contribution >= 0.6 is 0 Å². The standard InChI is InChI=1S/C22H30FN3O5S/c23-18-10-9-16-17(21(18)31-14-15-7-8-15)5-4-6-19(16)25-32(29,30)12-3-1-2-11-26-13-20(27)24-22(26)28/h9-10,15,19,25H,1-8,11-14H2,(H,24,27,28)/t19-/m1/s1. The molecule has 0 unspecified atom stereocenters. The average molecular weight is 468 g/mol. The maximum atomic E-state index is 14.4. The Morgan fingerprint density at radius 2 is 1.97 bits per heavy atom. The van der Waals surface area contributed by atoms with Crippen LogP contribution in [0.3, 0.4) is 0 Å². The van der Waals surface area contributed by atoms with Gasteiger partial charge in [0.25, 0.3) is 0 Å². The molecule has 3 amide bonds. The van der Waals surface area contributed by atoms with E-state index in [1.807, 2.05) is 0 Å². The number of rotatable bonds is 11. The van der Waals surface area contributed by atoms with Gasteiger partial charge in [0.1, 0.15) is 6.54 Å². The Bertz CT molecular complexity index is 980. The molecule has 2 fully saturated rings. The van der Waals surface area contributed by atoms with Crippen molar-refractivity contribution in [1.82, 2.24) is 14.9 Å². The lowest BCUT2D eigenvalue weighted by molar-refractivity contribution is -0.118. The maximum absolute atomic E-state index is 14.4. The van der Waals surface area contributed by atoms with Crippen LogP contribution in [0.2, 0.25) is 0 Å². The van der Waals surface area contributed by atoms with Crippen LogP contribution in [0.5, 0.6) is 5.75 Å². The molecule has 2 N–H and O–H groups in total. The number of sulfonamides is 1. The number of hydrogen-bond donors (Lipinski definition) is 2. The molecule has 0 spiro atoms. The molecule has 2 aliphatic carbocycles. The van der Waals surface area contributed by atoms with Crippen molar-refractivity contribution in [2.24, 2.45) is 5.92 Å². The number of fused-ring (bicyclic) bond motifs is 1. The van der Waals surface area contributed by atoms with Gasteiger partial charge in [0.15, 0.2) is 11.6 Å². The van der Waals surface area contributed by atoms with Crippen molar-refractivity contribution in [3.05, 3.63) is 29.1 Å².